The standard InChI is InChI=1S/C17H20N6O3S/c1-10-16(11(2)22-21-10)7-17(24)20-14-4-12(13-8-19-23(3)9-13)5-15(6-14)27(18,25)26/h4-6,8-9H,7H2,1-3H3,(H,20,24)(H,21,22)(H2,18,25,26). The molecule has 0 bridgehead atoms. The third-order valence-electron chi connectivity index (χ3n) is 4.18. The van der Waals surface area contributed by atoms with Crippen molar-refractivity contribution in [3.63, 3.8) is 0 Å². The number of H-pyrrole nitrogens is 1. The fourth-order valence-corrected chi connectivity index (χ4v) is 3.36. The van der Waals surface area contributed by atoms with Crippen molar-refractivity contribution in [3.8, 4) is 11.1 Å². The Bertz CT molecular complexity index is 1090. The van der Waals surface area contributed by atoms with E-state index < -0.39 is 10.0 Å². The molecule has 0 unspecified atom stereocenters. The van der Waals surface area contributed by atoms with Gasteiger partial charge in [-0.15, -0.1) is 0 Å². The van der Waals surface area contributed by atoms with Crippen LogP contribution in [0, 0.1) is 13.8 Å². The van der Waals surface area contributed by atoms with Gasteiger partial charge in [-0.2, -0.15) is 10.2 Å². The summed E-state index contributed by atoms with van der Waals surface area (Å²) >= 11 is 0. The number of carbonyl (C=O) groups is 1. The van der Waals surface area contributed by atoms with E-state index in [1.54, 1.807) is 30.2 Å². The maximum Gasteiger partial charge on any atom is 0.238 e. The molecule has 1 aromatic carbocycles. The fraction of sp³-hybridized carbons (Fsp3) is 0.235. The van der Waals surface area contributed by atoms with E-state index in [0.29, 0.717) is 16.8 Å². The summed E-state index contributed by atoms with van der Waals surface area (Å²) in [5.41, 5.74) is 4.00. The van der Waals surface area contributed by atoms with Crippen LogP contribution in [0.1, 0.15) is 17.0 Å². The van der Waals surface area contributed by atoms with Crippen LogP contribution in [0.25, 0.3) is 11.1 Å². The summed E-state index contributed by atoms with van der Waals surface area (Å²) in [6.45, 7) is 3.65. The minimum absolute atomic E-state index is 0.0881. The van der Waals surface area contributed by atoms with Crippen LogP contribution in [0.15, 0.2) is 35.5 Å². The normalized spacial score (nSPS) is 11.6. The second-order valence-electron chi connectivity index (χ2n) is 6.33. The number of nitrogens with one attached hydrogen (secondary N) is 2. The molecule has 0 saturated heterocycles. The predicted octanol–water partition coefficient (Wildman–Crippen LogP) is 1.26. The molecule has 0 aliphatic heterocycles. The summed E-state index contributed by atoms with van der Waals surface area (Å²) in [6.07, 6.45) is 3.47. The minimum atomic E-state index is -3.94. The van der Waals surface area contributed by atoms with Crippen molar-refractivity contribution >= 4 is 21.6 Å². The fourth-order valence-electron chi connectivity index (χ4n) is 2.77. The second kappa shape index (κ2) is 6.97. The monoisotopic (exact) mass is 388 g/mol. The molecule has 0 aliphatic rings. The molecule has 0 radical (unpaired) electrons. The highest BCUT2D eigenvalue weighted by molar-refractivity contribution is 7.89. The lowest BCUT2D eigenvalue weighted by atomic mass is 10.1. The number of aromatic amines is 1. The Labute approximate surface area is 156 Å². The van der Waals surface area contributed by atoms with Crippen molar-refractivity contribution in [2.75, 3.05) is 5.32 Å². The van der Waals surface area contributed by atoms with Crippen LogP contribution in [0.4, 0.5) is 5.69 Å². The van der Waals surface area contributed by atoms with Gasteiger partial charge in [0, 0.05) is 35.8 Å². The molecule has 0 spiro atoms. The van der Waals surface area contributed by atoms with Gasteiger partial charge in [-0.05, 0) is 37.6 Å². The number of rotatable bonds is 5. The Balaban J connectivity index is 1.93. The summed E-state index contributed by atoms with van der Waals surface area (Å²) in [4.78, 5) is 12.4. The summed E-state index contributed by atoms with van der Waals surface area (Å²) in [7, 11) is -2.19. The molecular formula is C17H20N6O3S. The van der Waals surface area contributed by atoms with E-state index in [4.69, 9.17) is 5.14 Å². The Morgan fingerprint density at radius 1 is 1.26 bits per heavy atom. The van der Waals surface area contributed by atoms with E-state index in [0.717, 1.165) is 17.0 Å². The van der Waals surface area contributed by atoms with E-state index in [2.05, 4.69) is 20.6 Å². The number of anilines is 1. The molecule has 0 aliphatic carbocycles. The van der Waals surface area contributed by atoms with Crippen LogP contribution in [0.3, 0.4) is 0 Å². The van der Waals surface area contributed by atoms with Crippen molar-refractivity contribution in [2.45, 2.75) is 25.2 Å². The lowest BCUT2D eigenvalue weighted by Gasteiger charge is -2.10. The summed E-state index contributed by atoms with van der Waals surface area (Å²) < 4.78 is 25.3. The first-order valence-corrected chi connectivity index (χ1v) is 9.65. The lowest BCUT2D eigenvalue weighted by molar-refractivity contribution is -0.115. The van der Waals surface area contributed by atoms with E-state index >= 15 is 0 Å². The molecule has 1 amide bonds. The zero-order chi connectivity index (χ0) is 19.8. The molecule has 2 heterocycles. The van der Waals surface area contributed by atoms with Crippen LogP contribution in [0.5, 0.6) is 0 Å². The number of carbonyl (C=O) groups excluding carboxylic acids is 1. The number of nitrogens with zero attached hydrogens (tertiary/aromatic N) is 3. The zero-order valence-electron chi connectivity index (χ0n) is 15.1. The van der Waals surface area contributed by atoms with E-state index in [1.807, 2.05) is 13.8 Å². The number of amides is 1. The Morgan fingerprint density at radius 3 is 2.56 bits per heavy atom. The largest absolute Gasteiger partial charge is 0.326 e. The first kappa shape index (κ1) is 18.8. The van der Waals surface area contributed by atoms with Crippen molar-refractivity contribution in [2.24, 2.45) is 12.2 Å². The first-order valence-electron chi connectivity index (χ1n) is 8.10. The molecule has 4 N–H and O–H groups in total. The molecule has 0 atom stereocenters. The van der Waals surface area contributed by atoms with Gasteiger partial charge in [0.1, 0.15) is 0 Å². The number of hydrogen-bond acceptors (Lipinski definition) is 5. The number of aromatic nitrogens is 4. The van der Waals surface area contributed by atoms with Crippen molar-refractivity contribution in [1.29, 1.82) is 0 Å². The molecule has 27 heavy (non-hydrogen) atoms. The molecule has 9 nitrogen and oxygen atoms in total. The van der Waals surface area contributed by atoms with Gasteiger partial charge in [0.15, 0.2) is 0 Å². The molecule has 10 heteroatoms. The maximum absolute atomic E-state index is 12.4. The highest BCUT2D eigenvalue weighted by Gasteiger charge is 2.16. The van der Waals surface area contributed by atoms with Gasteiger partial charge in [-0.25, -0.2) is 13.6 Å². The van der Waals surface area contributed by atoms with Gasteiger partial charge in [0.25, 0.3) is 0 Å². The predicted molar refractivity (Wildman–Crippen MR) is 100 cm³/mol. The van der Waals surface area contributed by atoms with Crippen LogP contribution in [0.2, 0.25) is 0 Å². The molecule has 2 aromatic heterocycles. The van der Waals surface area contributed by atoms with E-state index in [-0.39, 0.29) is 17.2 Å². The molecule has 0 fully saturated rings. The number of primary sulfonamides is 1. The topological polar surface area (TPSA) is 136 Å². The number of nitrogens with two attached hydrogens (primary N) is 1. The van der Waals surface area contributed by atoms with Gasteiger partial charge >= 0.3 is 0 Å². The molecule has 142 valence electrons. The Kier molecular flexibility index (Phi) is 4.85. The third-order valence-corrected chi connectivity index (χ3v) is 5.07. The van der Waals surface area contributed by atoms with Gasteiger partial charge in [-0.1, -0.05) is 0 Å². The average Bonchev–Trinajstić information content (AvgIpc) is 3.14. The molecule has 3 aromatic rings. The highest BCUT2D eigenvalue weighted by atomic mass is 32.2. The molecular weight excluding hydrogens is 368 g/mol. The molecule has 0 saturated carbocycles. The van der Waals surface area contributed by atoms with Crippen molar-refractivity contribution in [1.82, 2.24) is 20.0 Å². The average molecular weight is 388 g/mol. The number of aryl methyl sites for hydroxylation is 3. The van der Waals surface area contributed by atoms with Gasteiger partial charge < -0.3 is 5.32 Å². The Hall–Kier alpha value is -2.98. The summed E-state index contributed by atoms with van der Waals surface area (Å²) in [5.74, 6) is -0.286. The number of hydrogen-bond donors (Lipinski definition) is 3. The smallest absolute Gasteiger partial charge is 0.238 e. The van der Waals surface area contributed by atoms with Crippen LogP contribution >= 0.6 is 0 Å². The number of benzene rings is 1. The van der Waals surface area contributed by atoms with Crippen LogP contribution in [-0.4, -0.2) is 34.3 Å². The maximum atomic E-state index is 12.4. The van der Waals surface area contributed by atoms with Crippen molar-refractivity contribution in [3.05, 3.63) is 47.5 Å². The highest BCUT2D eigenvalue weighted by Crippen LogP contribution is 2.26. The van der Waals surface area contributed by atoms with Crippen LogP contribution < -0.4 is 10.5 Å². The van der Waals surface area contributed by atoms with Crippen molar-refractivity contribution < 1.29 is 13.2 Å². The number of sulfonamides is 1. The summed E-state index contributed by atoms with van der Waals surface area (Å²) in [6, 6.07) is 4.47. The minimum Gasteiger partial charge on any atom is -0.326 e. The van der Waals surface area contributed by atoms with Gasteiger partial charge in [0.05, 0.1) is 23.2 Å². The summed E-state index contributed by atoms with van der Waals surface area (Å²) in [5, 5.41) is 19.0. The Morgan fingerprint density at radius 2 is 2.00 bits per heavy atom. The molecule has 3 rings (SSSR count). The third kappa shape index (κ3) is 4.23. The SMILES string of the molecule is Cc1n[nH]c(C)c1CC(=O)Nc1cc(-c2cnn(C)c2)cc(S(N)(=O)=O)c1. The first-order chi connectivity index (χ1) is 12.6. The van der Waals surface area contributed by atoms with Crippen LogP contribution in [-0.2, 0) is 28.3 Å². The lowest BCUT2D eigenvalue weighted by Crippen LogP contribution is -2.17. The zero-order valence-corrected chi connectivity index (χ0v) is 16.0. The quantitative estimate of drug-likeness (QED) is 0.604. The van der Waals surface area contributed by atoms with E-state index in [1.165, 1.54) is 12.1 Å². The second-order valence-corrected chi connectivity index (χ2v) is 7.89. The van der Waals surface area contributed by atoms with Gasteiger partial charge in [0.2, 0.25) is 15.9 Å². The van der Waals surface area contributed by atoms with E-state index in [9.17, 15) is 13.2 Å². The van der Waals surface area contributed by atoms with Gasteiger partial charge in [-0.3, -0.25) is 14.6 Å².